The van der Waals surface area contributed by atoms with E-state index in [0.717, 1.165) is 12.0 Å². The molecule has 2 rings (SSSR count). The Bertz CT molecular complexity index is 379. The molecule has 0 bridgehead atoms. The second kappa shape index (κ2) is 4.63. The van der Waals surface area contributed by atoms with Crippen molar-refractivity contribution in [2.45, 2.75) is 26.4 Å². The van der Waals surface area contributed by atoms with Crippen LogP contribution in [0.3, 0.4) is 0 Å². The number of nitrogens with two attached hydrogens (primary N) is 1. The van der Waals surface area contributed by atoms with Crippen LogP contribution >= 0.6 is 0 Å². The number of ether oxygens (including phenoxy) is 2. The molecule has 2 heterocycles. The van der Waals surface area contributed by atoms with E-state index in [1.165, 1.54) is 0 Å². The van der Waals surface area contributed by atoms with Crippen LogP contribution in [0.4, 0.5) is 5.82 Å². The van der Waals surface area contributed by atoms with Crippen LogP contribution in [0.15, 0.2) is 0 Å². The smallest absolute Gasteiger partial charge is 0.222 e. The van der Waals surface area contributed by atoms with E-state index in [0.29, 0.717) is 30.7 Å². The Hall–Kier alpha value is -1.40. The summed E-state index contributed by atoms with van der Waals surface area (Å²) in [6.45, 7) is 5.11. The highest BCUT2D eigenvalue weighted by Crippen LogP contribution is 2.23. The number of rotatable bonds is 4. The van der Waals surface area contributed by atoms with Gasteiger partial charge in [0, 0.05) is 6.42 Å². The standard InChI is InChI=1S/C10H16N4O2/c1-3-8-12-9(14-11)6(2)10(13-8)16-7-4-15-5-7/h7H,3-5,11H2,1-2H3,(H,12,13,14). The monoisotopic (exact) mass is 224 g/mol. The Kier molecular flexibility index (Phi) is 3.21. The number of nitrogens with one attached hydrogen (secondary N) is 1. The number of hydrazine groups is 1. The predicted octanol–water partition coefficient (Wildman–Crippen LogP) is 0.411. The summed E-state index contributed by atoms with van der Waals surface area (Å²) in [5.74, 6) is 7.32. The zero-order chi connectivity index (χ0) is 11.5. The first-order valence-electron chi connectivity index (χ1n) is 5.33. The first-order valence-corrected chi connectivity index (χ1v) is 5.33. The molecule has 1 saturated heterocycles. The summed E-state index contributed by atoms with van der Waals surface area (Å²) >= 11 is 0. The van der Waals surface area contributed by atoms with Crippen LogP contribution in [0.2, 0.25) is 0 Å². The molecule has 6 heteroatoms. The van der Waals surface area contributed by atoms with Gasteiger partial charge < -0.3 is 14.9 Å². The summed E-state index contributed by atoms with van der Waals surface area (Å²) < 4.78 is 10.7. The Labute approximate surface area is 94.1 Å². The Morgan fingerprint density at radius 1 is 1.50 bits per heavy atom. The lowest BCUT2D eigenvalue weighted by molar-refractivity contribution is -0.0816. The predicted molar refractivity (Wildman–Crippen MR) is 59.2 cm³/mol. The molecule has 0 unspecified atom stereocenters. The average Bonchev–Trinajstić information content (AvgIpc) is 2.25. The van der Waals surface area contributed by atoms with Gasteiger partial charge in [0.2, 0.25) is 5.88 Å². The van der Waals surface area contributed by atoms with E-state index in [4.69, 9.17) is 15.3 Å². The maximum Gasteiger partial charge on any atom is 0.222 e. The highest BCUT2D eigenvalue weighted by molar-refractivity contribution is 5.47. The van der Waals surface area contributed by atoms with Gasteiger partial charge in [0.1, 0.15) is 17.7 Å². The van der Waals surface area contributed by atoms with E-state index >= 15 is 0 Å². The second-order valence-electron chi connectivity index (χ2n) is 3.69. The molecule has 0 radical (unpaired) electrons. The molecule has 1 aliphatic rings. The molecular formula is C10H16N4O2. The SMILES string of the molecule is CCc1nc(NN)c(C)c(OC2COC2)n1. The van der Waals surface area contributed by atoms with Gasteiger partial charge in [-0.1, -0.05) is 6.92 Å². The molecule has 0 aliphatic carbocycles. The third kappa shape index (κ3) is 2.07. The summed E-state index contributed by atoms with van der Waals surface area (Å²) in [5.41, 5.74) is 3.38. The maximum absolute atomic E-state index is 5.69. The molecule has 88 valence electrons. The average molecular weight is 224 g/mol. The van der Waals surface area contributed by atoms with Crippen LogP contribution in [0.5, 0.6) is 5.88 Å². The highest BCUT2D eigenvalue weighted by Gasteiger charge is 2.22. The van der Waals surface area contributed by atoms with Gasteiger partial charge in [-0.3, -0.25) is 0 Å². The van der Waals surface area contributed by atoms with Crippen LogP contribution in [0.1, 0.15) is 18.3 Å². The minimum absolute atomic E-state index is 0.101. The summed E-state index contributed by atoms with van der Waals surface area (Å²) in [4.78, 5) is 8.60. The van der Waals surface area contributed by atoms with E-state index < -0.39 is 0 Å². The maximum atomic E-state index is 5.69. The molecule has 0 saturated carbocycles. The molecule has 16 heavy (non-hydrogen) atoms. The molecule has 1 aliphatic heterocycles. The molecule has 3 N–H and O–H groups in total. The fraction of sp³-hybridized carbons (Fsp3) is 0.600. The van der Waals surface area contributed by atoms with Gasteiger partial charge in [0.05, 0.1) is 18.8 Å². The van der Waals surface area contributed by atoms with E-state index in [2.05, 4.69) is 15.4 Å². The molecule has 1 fully saturated rings. The third-order valence-electron chi connectivity index (χ3n) is 2.49. The third-order valence-corrected chi connectivity index (χ3v) is 2.49. The van der Waals surface area contributed by atoms with Crippen molar-refractivity contribution in [3.8, 4) is 5.88 Å². The lowest BCUT2D eigenvalue weighted by atomic mass is 10.3. The number of aryl methyl sites for hydroxylation is 1. The Morgan fingerprint density at radius 2 is 2.25 bits per heavy atom. The van der Waals surface area contributed by atoms with Crippen molar-refractivity contribution in [1.29, 1.82) is 0 Å². The number of hydrogen-bond donors (Lipinski definition) is 2. The quantitative estimate of drug-likeness (QED) is 0.569. The molecular weight excluding hydrogens is 208 g/mol. The summed E-state index contributed by atoms with van der Waals surface area (Å²) in [5, 5.41) is 0. The minimum atomic E-state index is 0.101. The summed E-state index contributed by atoms with van der Waals surface area (Å²) in [6.07, 6.45) is 0.843. The van der Waals surface area contributed by atoms with Crippen molar-refractivity contribution in [1.82, 2.24) is 9.97 Å². The van der Waals surface area contributed by atoms with Crippen molar-refractivity contribution < 1.29 is 9.47 Å². The van der Waals surface area contributed by atoms with Crippen LogP contribution in [-0.2, 0) is 11.2 Å². The van der Waals surface area contributed by atoms with Crippen LogP contribution in [0, 0.1) is 6.92 Å². The van der Waals surface area contributed by atoms with Crippen LogP contribution in [0.25, 0.3) is 0 Å². The lowest BCUT2D eigenvalue weighted by Crippen LogP contribution is -2.39. The number of hydrogen-bond acceptors (Lipinski definition) is 6. The molecule has 1 aromatic heterocycles. The zero-order valence-electron chi connectivity index (χ0n) is 9.49. The first kappa shape index (κ1) is 11.1. The largest absolute Gasteiger partial charge is 0.469 e. The Morgan fingerprint density at radius 3 is 2.75 bits per heavy atom. The fourth-order valence-electron chi connectivity index (χ4n) is 1.39. The summed E-state index contributed by atoms with van der Waals surface area (Å²) in [7, 11) is 0. The topological polar surface area (TPSA) is 82.3 Å². The molecule has 0 spiro atoms. The molecule has 1 aromatic rings. The van der Waals surface area contributed by atoms with E-state index in [1.54, 1.807) is 0 Å². The van der Waals surface area contributed by atoms with Crippen LogP contribution < -0.4 is 16.0 Å². The first-order chi connectivity index (χ1) is 7.74. The van der Waals surface area contributed by atoms with E-state index in [-0.39, 0.29) is 6.10 Å². The van der Waals surface area contributed by atoms with Gasteiger partial charge in [-0.25, -0.2) is 10.8 Å². The molecule has 6 nitrogen and oxygen atoms in total. The molecule has 0 atom stereocenters. The van der Waals surface area contributed by atoms with Crippen molar-refractivity contribution >= 4 is 5.82 Å². The van der Waals surface area contributed by atoms with E-state index in [1.807, 2.05) is 13.8 Å². The lowest BCUT2D eigenvalue weighted by Gasteiger charge is -2.27. The Balaban J connectivity index is 2.25. The minimum Gasteiger partial charge on any atom is -0.469 e. The van der Waals surface area contributed by atoms with Crippen molar-refractivity contribution in [2.24, 2.45) is 5.84 Å². The van der Waals surface area contributed by atoms with Gasteiger partial charge in [0.25, 0.3) is 0 Å². The van der Waals surface area contributed by atoms with Gasteiger partial charge in [-0.05, 0) is 6.92 Å². The highest BCUT2D eigenvalue weighted by atomic mass is 16.6. The van der Waals surface area contributed by atoms with E-state index in [9.17, 15) is 0 Å². The van der Waals surface area contributed by atoms with Gasteiger partial charge in [-0.2, -0.15) is 4.98 Å². The number of anilines is 1. The molecule has 0 amide bonds. The number of aromatic nitrogens is 2. The van der Waals surface area contributed by atoms with Gasteiger partial charge in [-0.15, -0.1) is 0 Å². The summed E-state index contributed by atoms with van der Waals surface area (Å²) in [6, 6.07) is 0. The van der Waals surface area contributed by atoms with Crippen molar-refractivity contribution in [3.05, 3.63) is 11.4 Å². The molecule has 0 aromatic carbocycles. The van der Waals surface area contributed by atoms with Crippen LogP contribution in [-0.4, -0.2) is 29.3 Å². The van der Waals surface area contributed by atoms with Crippen molar-refractivity contribution in [2.75, 3.05) is 18.6 Å². The zero-order valence-corrected chi connectivity index (χ0v) is 9.49. The van der Waals surface area contributed by atoms with Gasteiger partial charge >= 0.3 is 0 Å². The number of nitrogens with zero attached hydrogens (tertiary/aromatic N) is 2. The number of nitrogen functional groups attached to an aromatic ring is 1. The normalized spacial score (nSPS) is 15.7. The fourth-order valence-corrected chi connectivity index (χ4v) is 1.39. The second-order valence-corrected chi connectivity index (χ2v) is 3.69. The van der Waals surface area contributed by atoms with Gasteiger partial charge in [0.15, 0.2) is 0 Å². The van der Waals surface area contributed by atoms with Crippen molar-refractivity contribution in [3.63, 3.8) is 0 Å².